The fraction of sp³-hybridized carbons (Fsp3) is 0.462. The summed E-state index contributed by atoms with van der Waals surface area (Å²) in [6.07, 6.45) is 0. The number of hydrogen-bond donors (Lipinski definition) is 0. The Kier molecular flexibility index (Phi) is 3.91. The van der Waals surface area contributed by atoms with Crippen molar-refractivity contribution in [3.63, 3.8) is 0 Å². The van der Waals surface area contributed by atoms with Crippen molar-refractivity contribution in [3.8, 4) is 0 Å². The Bertz CT molecular complexity index is 356. The standard InChI is InChI=1S/C13H21NOSi/c1-11(12-9-7-6-8-10-12)14(2)13(15)16(3,4)5/h6-11H,1-5H3/t11-/m0/s1. The first-order chi connectivity index (χ1) is 7.34. The number of nitrogens with zero attached hydrogens (tertiary/aromatic N) is 1. The van der Waals surface area contributed by atoms with Gasteiger partial charge in [0.2, 0.25) is 0 Å². The maximum Gasteiger partial charge on any atom is 0.194 e. The third-order valence-corrected chi connectivity index (χ3v) is 4.46. The number of hydrogen-bond acceptors (Lipinski definition) is 1. The van der Waals surface area contributed by atoms with Gasteiger partial charge in [-0.2, -0.15) is 0 Å². The van der Waals surface area contributed by atoms with Crippen LogP contribution in [0.4, 0.5) is 4.79 Å². The van der Waals surface area contributed by atoms with E-state index < -0.39 is 8.07 Å². The molecule has 0 spiro atoms. The molecular weight excluding hydrogens is 214 g/mol. The van der Waals surface area contributed by atoms with E-state index in [1.165, 1.54) is 5.56 Å². The second-order valence-corrected chi connectivity index (χ2v) is 10.2. The predicted molar refractivity (Wildman–Crippen MR) is 71.4 cm³/mol. The van der Waals surface area contributed by atoms with E-state index in [1.54, 1.807) is 0 Å². The molecule has 88 valence electrons. The van der Waals surface area contributed by atoms with Gasteiger partial charge in [0, 0.05) is 7.05 Å². The summed E-state index contributed by atoms with van der Waals surface area (Å²) in [6.45, 7) is 8.34. The van der Waals surface area contributed by atoms with Gasteiger partial charge in [-0.05, 0) is 12.5 Å². The molecule has 1 amide bonds. The van der Waals surface area contributed by atoms with Crippen LogP contribution in [0.15, 0.2) is 30.3 Å². The lowest BCUT2D eigenvalue weighted by atomic mass is 10.1. The monoisotopic (exact) mass is 235 g/mol. The van der Waals surface area contributed by atoms with Crippen LogP contribution >= 0.6 is 0 Å². The van der Waals surface area contributed by atoms with E-state index in [0.29, 0.717) is 5.53 Å². The van der Waals surface area contributed by atoms with Crippen LogP contribution in [0.2, 0.25) is 19.6 Å². The Labute approximate surface area is 99.3 Å². The van der Waals surface area contributed by atoms with E-state index >= 15 is 0 Å². The molecule has 0 saturated heterocycles. The van der Waals surface area contributed by atoms with Crippen LogP contribution in [0.3, 0.4) is 0 Å². The SMILES string of the molecule is C[C@@H](c1ccccc1)N(C)C(=O)[Si](C)(C)C. The molecule has 0 radical (unpaired) electrons. The van der Waals surface area contributed by atoms with Crippen molar-refractivity contribution in [3.05, 3.63) is 35.9 Å². The summed E-state index contributed by atoms with van der Waals surface area (Å²) < 4.78 is 0. The van der Waals surface area contributed by atoms with Crippen molar-refractivity contribution in [1.82, 2.24) is 4.90 Å². The van der Waals surface area contributed by atoms with Crippen LogP contribution < -0.4 is 0 Å². The average molecular weight is 235 g/mol. The first-order valence-electron chi connectivity index (χ1n) is 5.66. The van der Waals surface area contributed by atoms with Gasteiger partial charge in [0.25, 0.3) is 0 Å². The summed E-state index contributed by atoms with van der Waals surface area (Å²) in [5, 5.41) is 0. The van der Waals surface area contributed by atoms with Crippen molar-refractivity contribution in [2.24, 2.45) is 0 Å². The molecule has 0 aliphatic heterocycles. The fourth-order valence-electron chi connectivity index (χ4n) is 1.66. The zero-order valence-electron chi connectivity index (χ0n) is 10.8. The Hall–Kier alpha value is -1.09. The van der Waals surface area contributed by atoms with E-state index in [9.17, 15) is 4.79 Å². The van der Waals surface area contributed by atoms with Crippen LogP contribution in [-0.2, 0) is 0 Å². The van der Waals surface area contributed by atoms with Gasteiger partial charge in [-0.25, -0.2) is 0 Å². The Morgan fingerprint density at radius 2 is 1.69 bits per heavy atom. The van der Waals surface area contributed by atoms with Crippen molar-refractivity contribution in [2.75, 3.05) is 7.05 Å². The summed E-state index contributed by atoms with van der Waals surface area (Å²) in [5.74, 6) is 0. The minimum absolute atomic E-state index is 0.153. The second kappa shape index (κ2) is 4.83. The van der Waals surface area contributed by atoms with Crippen LogP contribution in [-0.4, -0.2) is 25.6 Å². The lowest BCUT2D eigenvalue weighted by Crippen LogP contribution is -2.44. The fourth-order valence-corrected chi connectivity index (χ4v) is 2.91. The molecule has 0 aliphatic rings. The molecule has 1 atom stereocenters. The molecule has 3 heteroatoms. The number of rotatable bonds is 3. The highest BCUT2D eigenvalue weighted by atomic mass is 28.3. The van der Waals surface area contributed by atoms with Gasteiger partial charge in [0.15, 0.2) is 13.6 Å². The Morgan fingerprint density at radius 3 is 2.12 bits per heavy atom. The number of benzene rings is 1. The molecule has 0 bridgehead atoms. The lowest BCUT2D eigenvalue weighted by molar-refractivity contribution is 0.216. The number of amides is 1. The maximum atomic E-state index is 12.2. The van der Waals surface area contributed by atoms with Crippen LogP contribution in [0, 0.1) is 0 Å². The van der Waals surface area contributed by atoms with Gasteiger partial charge in [-0.15, -0.1) is 0 Å². The van der Waals surface area contributed by atoms with Gasteiger partial charge < -0.3 is 4.90 Å². The zero-order chi connectivity index (χ0) is 12.3. The highest BCUT2D eigenvalue weighted by Crippen LogP contribution is 2.21. The predicted octanol–water partition coefficient (Wildman–Crippen LogP) is 3.72. The number of carbonyl (C=O) groups is 1. The van der Waals surface area contributed by atoms with Gasteiger partial charge >= 0.3 is 0 Å². The van der Waals surface area contributed by atoms with Crippen molar-refractivity contribution >= 4 is 13.6 Å². The maximum absolute atomic E-state index is 12.2. The molecule has 0 heterocycles. The lowest BCUT2D eigenvalue weighted by Gasteiger charge is -2.30. The summed E-state index contributed by atoms with van der Waals surface area (Å²) in [5.41, 5.74) is 1.50. The van der Waals surface area contributed by atoms with Crippen LogP contribution in [0.1, 0.15) is 18.5 Å². The molecule has 1 rings (SSSR count). The minimum Gasteiger partial charge on any atom is -0.344 e. The topological polar surface area (TPSA) is 20.3 Å². The van der Waals surface area contributed by atoms with Crippen LogP contribution in [0.5, 0.6) is 0 Å². The third-order valence-electron chi connectivity index (χ3n) is 2.82. The van der Waals surface area contributed by atoms with Gasteiger partial charge in [0.05, 0.1) is 6.04 Å². The molecule has 2 nitrogen and oxygen atoms in total. The summed E-state index contributed by atoms with van der Waals surface area (Å²) in [7, 11) is 0.169. The highest BCUT2D eigenvalue weighted by Gasteiger charge is 2.30. The zero-order valence-corrected chi connectivity index (χ0v) is 11.8. The second-order valence-electron chi connectivity index (χ2n) is 5.25. The molecule has 0 unspecified atom stereocenters. The largest absolute Gasteiger partial charge is 0.344 e. The van der Waals surface area contributed by atoms with Crippen molar-refractivity contribution in [2.45, 2.75) is 32.6 Å². The van der Waals surface area contributed by atoms with Gasteiger partial charge in [-0.3, -0.25) is 4.79 Å². The number of carbonyl (C=O) groups excluding carboxylic acids is 1. The minimum atomic E-state index is -1.73. The molecule has 0 N–H and O–H groups in total. The van der Waals surface area contributed by atoms with Gasteiger partial charge in [-0.1, -0.05) is 50.0 Å². The van der Waals surface area contributed by atoms with Crippen molar-refractivity contribution < 1.29 is 4.79 Å². The van der Waals surface area contributed by atoms with E-state index in [2.05, 4.69) is 38.7 Å². The van der Waals surface area contributed by atoms with E-state index in [-0.39, 0.29) is 6.04 Å². The molecule has 16 heavy (non-hydrogen) atoms. The van der Waals surface area contributed by atoms with Gasteiger partial charge in [0.1, 0.15) is 0 Å². The molecule has 1 aromatic carbocycles. The average Bonchev–Trinajstić information content (AvgIpc) is 2.26. The van der Waals surface area contributed by atoms with E-state index in [1.807, 2.05) is 30.1 Å². The first kappa shape index (κ1) is 13.0. The molecule has 0 aromatic heterocycles. The molecule has 0 aliphatic carbocycles. The molecule has 1 aromatic rings. The van der Waals surface area contributed by atoms with E-state index in [0.717, 1.165) is 0 Å². The van der Waals surface area contributed by atoms with Crippen molar-refractivity contribution in [1.29, 1.82) is 0 Å². The van der Waals surface area contributed by atoms with E-state index in [4.69, 9.17) is 0 Å². The summed E-state index contributed by atoms with van der Waals surface area (Å²) in [6, 6.07) is 10.3. The Morgan fingerprint density at radius 1 is 1.19 bits per heavy atom. The first-order valence-corrected chi connectivity index (χ1v) is 9.16. The highest BCUT2D eigenvalue weighted by molar-refractivity contribution is 7.03. The normalized spacial score (nSPS) is 13.3. The Balaban J connectivity index is 2.83. The third kappa shape index (κ3) is 2.95. The quantitative estimate of drug-likeness (QED) is 0.731. The van der Waals surface area contributed by atoms with Crippen LogP contribution in [0.25, 0.3) is 0 Å². The molecule has 0 fully saturated rings. The molecule has 0 saturated carbocycles. The smallest absolute Gasteiger partial charge is 0.194 e. The summed E-state index contributed by atoms with van der Waals surface area (Å²) >= 11 is 0. The summed E-state index contributed by atoms with van der Waals surface area (Å²) in [4.78, 5) is 14.0. The molecular formula is C13H21NOSi.